The molecule has 174 valence electrons. The second-order valence-electron chi connectivity index (χ2n) is 6.95. The molecule has 4 aromatic rings. The Labute approximate surface area is 201 Å². The van der Waals surface area contributed by atoms with Gasteiger partial charge in [-0.05, 0) is 43.0 Å². The molecule has 0 bridgehead atoms. The van der Waals surface area contributed by atoms with Gasteiger partial charge >= 0.3 is 0 Å². The third kappa shape index (κ3) is 5.43. The number of nitrogens with one attached hydrogen (secondary N) is 3. The lowest BCUT2D eigenvalue weighted by atomic mass is 10.2. The van der Waals surface area contributed by atoms with E-state index in [-0.39, 0.29) is 28.6 Å². The van der Waals surface area contributed by atoms with Crippen molar-refractivity contribution >= 4 is 41.0 Å². The van der Waals surface area contributed by atoms with Crippen LogP contribution in [0.5, 0.6) is 0 Å². The van der Waals surface area contributed by atoms with Crippen molar-refractivity contribution in [1.82, 2.24) is 20.5 Å². The molecule has 2 aromatic carbocycles. The molecule has 0 aliphatic heterocycles. The molecule has 2 heterocycles. The topological polar surface area (TPSA) is 113 Å². The molecular weight excluding hydrogens is 488 g/mol. The number of benzene rings is 2. The van der Waals surface area contributed by atoms with Crippen molar-refractivity contribution in [3.63, 3.8) is 0 Å². The summed E-state index contributed by atoms with van der Waals surface area (Å²) >= 11 is 7.17. The summed E-state index contributed by atoms with van der Waals surface area (Å²) in [5.41, 5.74) is 0.353. The van der Waals surface area contributed by atoms with Crippen molar-refractivity contribution in [3.8, 4) is 0 Å². The van der Waals surface area contributed by atoms with E-state index in [9.17, 15) is 18.4 Å². The lowest BCUT2D eigenvalue weighted by Gasteiger charge is -2.05. The molecule has 0 fully saturated rings. The Balaban J connectivity index is 1.36. The third-order valence-corrected chi connectivity index (χ3v) is 5.71. The van der Waals surface area contributed by atoms with Gasteiger partial charge in [0.25, 0.3) is 17.0 Å². The van der Waals surface area contributed by atoms with Crippen molar-refractivity contribution in [3.05, 3.63) is 87.9 Å². The molecule has 3 N–H and O–H groups in total. The first-order valence-corrected chi connectivity index (χ1v) is 11.0. The average molecular weight is 504 g/mol. The molecular formula is C22H16ClF2N5O3S. The quantitative estimate of drug-likeness (QED) is 0.307. The Morgan fingerprint density at radius 3 is 2.62 bits per heavy atom. The first kappa shape index (κ1) is 23.5. The first-order chi connectivity index (χ1) is 16.3. The van der Waals surface area contributed by atoms with Gasteiger partial charge in [-0.15, -0.1) is 0 Å². The number of halogens is 3. The Kier molecular flexibility index (Phi) is 6.94. The van der Waals surface area contributed by atoms with Crippen molar-refractivity contribution in [2.24, 2.45) is 0 Å². The van der Waals surface area contributed by atoms with Gasteiger partial charge < -0.3 is 15.1 Å². The SMILES string of the molecule is Cc1nc(Sc2ccccc2)oc1CNC(=O)c1cc(NC(=O)c2cc(F)c(F)cc2Cl)[nH]n1. The number of carbonyl (C=O) groups is 2. The van der Waals surface area contributed by atoms with Crippen LogP contribution in [0.1, 0.15) is 32.3 Å². The minimum Gasteiger partial charge on any atom is -0.434 e. The zero-order valence-corrected chi connectivity index (χ0v) is 19.1. The minimum atomic E-state index is -1.22. The maximum Gasteiger partial charge on any atom is 0.272 e. The summed E-state index contributed by atoms with van der Waals surface area (Å²) in [6, 6.07) is 12.3. The van der Waals surface area contributed by atoms with Gasteiger partial charge in [0.15, 0.2) is 17.3 Å². The standard InChI is InChI=1S/C22H16ClF2N5O3S/c1-11-18(33-22(27-11)34-12-5-3-2-4-6-12)10-26-21(32)17-9-19(30-29-17)28-20(31)13-7-15(24)16(25)8-14(13)23/h2-9H,10H2,1H3,(H,26,32)(H2,28,29,30,31). The van der Waals surface area contributed by atoms with Crippen LogP contribution in [0, 0.1) is 18.6 Å². The molecule has 0 saturated heterocycles. The number of aromatic amines is 1. The van der Waals surface area contributed by atoms with E-state index in [1.807, 2.05) is 30.3 Å². The number of carbonyl (C=O) groups excluding carboxylic acids is 2. The maximum atomic E-state index is 13.4. The zero-order valence-electron chi connectivity index (χ0n) is 17.5. The van der Waals surface area contributed by atoms with E-state index < -0.39 is 23.4 Å². The summed E-state index contributed by atoms with van der Waals surface area (Å²) in [6.45, 7) is 1.84. The first-order valence-electron chi connectivity index (χ1n) is 9.79. The zero-order chi connectivity index (χ0) is 24.2. The van der Waals surface area contributed by atoms with E-state index >= 15 is 0 Å². The van der Waals surface area contributed by atoms with Crippen molar-refractivity contribution in [2.45, 2.75) is 23.6 Å². The number of hydrogen-bond donors (Lipinski definition) is 3. The molecule has 2 amide bonds. The molecule has 0 unspecified atom stereocenters. The molecule has 4 rings (SSSR count). The Morgan fingerprint density at radius 1 is 1.12 bits per heavy atom. The molecule has 0 atom stereocenters. The highest BCUT2D eigenvalue weighted by molar-refractivity contribution is 7.99. The van der Waals surface area contributed by atoms with Gasteiger partial charge in [-0.1, -0.05) is 29.8 Å². The van der Waals surface area contributed by atoms with Crippen molar-refractivity contribution in [2.75, 3.05) is 5.32 Å². The van der Waals surface area contributed by atoms with Gasteiger partial charge in [0, 0.05) is 11.0 Å². The molecule has 2 aromatic heterocycles. The van der Waals surface area contributed by atoms with Crippen LogP contribution in [-0.4, -0.2) is 27.0 Å². The van der Waals surface area contributed by atoms with Gasteiger partial charge in [-0.25, -0.2) is 13.8 Å². The van der Waals surface area contributed by atoms with Gasteiger partial charge in [-0.2, -0.15) is 5.10 Å². The molecule has 0 aliphatic carbocycles. The predicted octanol–water partition coefficient (Wildman–Crippen LogP) is 4.97. The Morgan fingerprint density at radius 2 is 1.85 bits per heavy atom. The highest BCUT2D eigenvalue weighted by Crippen LogP contribution is 2.28. The number of amides is 2. The number of oxazole rings is 1. The van der Waals surface area contributed by atoms with E-state index in [1.54, 1.807) is 6.92 Å². The fourth-order valence-electron chi connectivity index (χ4n) is 2.84. The highest BCUT2D eigenvalue weighted by atomic mass is 35.5. The molecule has 12 heteroatoms. The summed E-state index contributed by atoms with van der Waals surface area (Å²) < 4.78 is 32.4. The molecule has 0 radical (unpaired) electrons. The molecule has 0 saturated carbocycles. The highest BCUT2D eigenvalue weighted by Gasteiger charge is 2.18. The Hall–Kier alpha value is -3.70. The van der Waals surface area contributed by atoms with Crippen LogP contribution in [0.2, 0.25) is 5.02 Å². The van der Waals surface area contributed by atoms with Gasteiger partial charge in [0.05, 0.1) is 22.8 Å². The summed E-state index contributed by atoms with van der Waals surface area (Å²) in [5.74, 6) is -3.17. The smallest absolute Gasteiger partial charge is 0.272 e. The third-order valence-electron chi connectivity index (χ3n) is 4.54. The van der Waals surface area contributed by atoms with Crippen LogP contribution in [0.15, 0.2) is 63.1 Å². The lowest BCUT2D eigenvalue weighted by Crippen LogP contribution is -2.23. The van der Waals surface area contributed by atoms with E-state index in [0.29, 0.717) is 28.8 Å². The largest absolute Gasteiger partial charge is 0.434 e. The van der Waals surface area contributed by atoms with E-state index in [2.05, 4.69) is 25.8 Å². The Bertz CT molecular complexity index is 1360. The van der Waals surface area contributed by atoms with E-state index in [4.69, 9.17) is 16.0 Å². The van der Waals surface area contributed by atoms with Crippen LogP contribution in [-0.2, 0) is 6.54 Å². The van der Waals surface area contributed by atoms with Crippen LogP contribution >= 0.6 is 23.4 Å². The number of rotatable bonds is 7. The number of hydrogen-bond acceptors (Lipinski definition) is 6. The summed E-state index contributed by atoms with van der Waals surface area (Å²) in [6.07, 6.45) is 0. The number of aromatic nitrogens is 3. The molecule has 8 nitrogen and oxygen atoms in total. The summed E-state index contributed by atoms with van der Waals surface area (Å²) in [5, 5.41) is 11.6. The number of aryl methyl sites for hydroxylation is 1. The van der Waals surface area contributed by atoms with Crippen molar-refractivity contribution < 1.29 is 22.8 Å². The van der Waals surface area contributed by atoms with Crippen LogP contribution in [0.3, 0.4) is 0 Å². The number of H-pyrrole nitrogens is 1. The normalized spacial score (nSPS) is 10.8. The van der Waals surface area contributed by atoms with Gasteiger partial charge in [0.1, 0.15) is 11.6 Å². The number of nitrogens with zero attached hydrogens (tertiary/aromatic N) is 2. The predicted molar refractivity (Wildman–Crippen MR) is 121 cm³/mol. The average Bonchev–Trinajstić information content (AvgIpc) is 3.41. The van der Waals surface area contributed by atoms with Gasteiger partial charge in [-0.3, -0.25) is 14.7 Å². The second kappa shape index (κ2) is 10.1. The van der Waals surface area contributed by atoms with Gasteiger partial charge in [0.2, 0.25) is 0 Å². The van der Waals surface area contributed by atoms with Crippen LogP contribution < -0.4 is 10.6 Å². The van der Waals surface area contributed by atoms with Crippen LogP contribution in [0.25, 0.3) is 0 Å². The second-order valence-corrected chi connectivity index (χ2v) is 8.39. The summed E-state index contributed by atoms with van der Waals surface area (Å²) in [4.78, 5) is 30.1. The maximum absolute atomic E-state index is 13.4. The monoisotopic (exact) mass is 503 g/mol. The van der Waals surface area contributed by atoms with E-state index in [0.717, 1.165) is 4.90 Å². The molecule has 34 heavy (non-hydrogen) atoms. The molecule has 0 spiro atoms. The fraction of sp³-hybridized carbons (Fsp3) is 0.0909. The van der Waals surface area contributed by atoms with Crippen LogP contribution in [0.4, 0.5) is 14.6 Å². The van der Waals surface area contributed by atoms with Crippen molar-refractivity contribution in [1.29, 1.82) is 0 Å². The number of anilines is 1. The minimum absolute atomic E-state index is 0.0114. The molecule has 0 aliphatic rings. The van der Waals surface area contributed by atoms with E-state index in [1.165, 1.54) is 17.8 Å². The summed E-state index contributed by atoms with van der Waals surface area (Å²) in [7, 11) is 0. The fourth-order valence-corrected chi connectivity index (χ4v) is 3.89. The lowest BCUT2D eigenvalue weighted by molar-refractivity contribution is 0.0941.